The van der Waals surface area contributed by atoms with Crippen LogP contribution in [0.15, 0.2) is 30.5 Å². The van der Waals surface area contributed by atoms with E-state index >= 15 is 0 Å². The maximum atomic E-state index is 13.1. The van der Waals surface area contributed by atoms with Gasteiger partial charge in [0.1, 0.15) is 0 Å². The molecule has 0 bridgehead atoms. The van der Waals surface area contributed by atoms with Crippen LogP contribution in [0.3, 0.4) is 0 Å². The third-order valence-corrected chi connectivity index (χ3v) is 2.57. The van der Waals surface area contributed by atoms with Crippen molar-refractivity contribution < 1.29 is 4.39 Å². The van der Waals surface area contributed by atoms with Gasteiger partial charge in [-0.1, -0.05) is 29.3 Å². The summed E-state index contributed by atoms with van der Waals surface area (Å²) in [7, 11) is 0. The molecule has 0 aliphatic rings. The molecule has 0 N–H and O–H groups in total. The summed E-state index contributed by atoms with van der Waals surface area (Å²) in [5.41, 5.74) is 5.05. The minimum Gasteiger partial charge on any atom is -0.227 e. The highest BCUT2D eigenvalue weighted by Gasteiger charge is 2.03. The Morgan fingerprint density at radius 3 is 2.06 bits per heavy atom. The highest BCUT2D eigenvalue weighted by molar-refractivity contribution is 5.64. The molecular formula is C14H14FN. The van der Waals surface area contributed by atoms with Crippen molar-refractivity contribution in [1.29, 1.82) is 0 Å². The average Bonchev–Trinajstić information content (AvgIpc) is 2.20. The number of benzene rings is 1. The molecule has 1 heterocycles. The predicted molar refractivity (Wildman–Crippen MR) is 63.8 cm³/mol. The summed E-state index contributed by atoms with van der Waals surface area (Å²) in [4.78, 5) is 3.75. The van der Waals surface area contributed by atoms with E-state index in [1.54, 1.807) is 13.1 Å². The molecule has 0 radical (unpaired) electrons. The van der Waals surface area contributed by atoms with Crippen LogP contribution in [0.1, 0.15) is 16.7 Å². The van der Waals surface area contributed by atoms with E-state index in [9.17, 15) is 4.39 Å². The van der Waals surface area contributed by atoms with Gasteiger partial charge in [0.05, 0.1) is 0 Å². The van der Waals surface area contributed by atoms with Crippen molar-refractivity contribution in [2.24, 2.45) is 0 Å². The molecule has 0 atom stereocenters. The van der Waals surface area contributed by atoms with E-state index < -0.39 is 5.95 Å². The second-order valence-electron chi connectivity index (χ2n) is 4.21. The molecule has 1 nitrogen and oxygen atoms in total. The summed E-state index contributed by atoms with van der Waals surface area (Å²) in [5.74, 6) is -0.395. The fourth-order valence-corrected chi connectivity index (χ4v) is 1.86. The highest BCUT2D eigenvalue weighted by atomic mass is 19.1. The number of nitrogens with zero attached hydrogens (tertiary/aromatic N) is 1. The molecule has 2 rings (SSSR count). The summed E-state index contributed by atoms with van der Waals surface area (Å²) in [6.07, 6.45) is 1.58. The van der Waals surface area contributed by atoms with Gasteiger partial charge in [0.2, 0.25) is 5.95 Å². The summed E-state index contributed by atoms with van der Waals surface area (Å²) in [6.45, 7) is 5.84. The minimum atomic E-state index is -0.395. The van der Waals surface area contributed by atoms with Crippen LogP contribution in [0.4, 0.5) is 4.39 Å². The number of aryl methyl sites for hydroxylation is 3. The van der Waals surface area contributed by atoms with Gasteiger partial charge in [0.25, 0.3) is 0 Å². The van der Waals surface area contributed by atoms with Gasteiger partial charge in [-0.25, -0.2) is 4.98 Å². The summed E-state index contributed by atoms with van der Waals surface area (Å²) < 4.78 is 13.1. The average molecular weight is 215 g/mol. The van der Waals surface area contributed by atoms with Crippen molar-refractivity contribution >= 4 is 0 Å². The number of hydrogen-bond acceptors (Lipinski definition) is 1. The molecule has 0 saturated carbocycles. The van der Waals surface area contributed by atoms with E-state index in [2.05, 4.69) is 37.0 Å². The van der Waals surface area contributed by atoms with Gasteiger partial charge in [0, 0.05) is 17.3 Å². The van der Waals surface area contributed by atoms with E-state index in [1.807, 2.05) is 6.07 Å². The third-order valence-electron chi connectivity index (χ3n) is 2.57. The van der Waals surface area contributed by atoms with Crippen molar-refractivity contribution in [3.05, 3.63) is 53.1 Å². The molecule has 0 amide bonds. The smallest absolute Gasteiger partial charge is 0.215 e. The zero-order chi connectivity index (χ0) is 11.7. The Balaban J connectivity index is 2.54. The molecule has 82 valence electrons. The van der Waals surface area contributed by atoms with Gasteiger partial charge in [-0.3, -0.25) is 0 Å². The first-order valence-corrected chi connectivity index (χ1v) is 5.27. The number of halogens is 1. The van der Waals surface area contributed by atoms with Gasteiger partial charge < -0.3 is 0 Å². The number of aromatic nitrogens is 1. The molecule has 2 aromatic rings. The molecule has 16 heavy (non-hydrogen) atoms. The zero-order valence-electron chi connectivity index (χ0n) is 9.71. The van der Waals surface area contributed by atoms with Crippen LogP contribution in [0, 0.1) is 26.7 Å². The summed E-state index contributed by atoms with van der Waals surface area (Å²) in [6, 6.07) is 8.12. The van der Waals surface area contributed by atoms with Crippen LogP contribution < -0.4 is 0 Å². The Labute approximate surface area is 95.0 Å². The second-order valence-corrected chi connectivity index (χ2v) is 4.21. The zero-order valence-corrected chi connectivity index (χ0v) is 9.71. The Bertz CT molecular complexity index is 512. The molecule has 0 saturated heterocycles. The molecule has 1 aromatic heterocycles. The van der Waals surface area contributed by atoms with Crippen LogP contribution in [0.25, 0.3) is 11.1 Å². The quantitative estimate of drug-likeness (QED) is 0.659. The molecular weight excluding hydrogens is 201 g/mol. The Hall–Kier alpha value is -1.70. The van der Waals surface area contributed by atoms with Crippen LogP contribution in [-0.2, 0) is 0 Å². The van der Waals surface area contributed by atoms with E-state index in [1.165, 1.54) is 11.1 Å². The summed E-state index contributed by atoms with van der Waals surface area (Å²) in [5, 5.41) is 0. The minimum absolute atomic E-state index is 0.395. The van der Waals surface area contributed by atoms with E-state index in [0.29, 0.717) is 5.56 Å². The first-order chi connectivity index (χ1) is 7.56. The van der Waals surface area contributed by atoms with Gasteiger partial charge in [-0.05, 0) is 32.4 Å². The van der Waals surface area contributed by atoms with Crippen LogP contribution in [0.5, 0.6) is 0 Å². The first kappa shape index (κ1) is 10.8. The lowest BCUT2D eigenvalue weighted by molar-refractivity contribution is 0.575. The molecule has 0 aliphatic heterocycles. The highest BCUT2D eigenvalue weighted by Crippen LogP contribution is 2.22. The Morgan fingerprint density at radius 1 is 0.875 bits per heavy atom. The maximum absolute atomic E-state index is 13.1. The predicted octanol–water partition coefficient (Wildman–Crippen LogP) is 3.81. The lowest BCUT2D eigenvalue weighted by atomic mass is 10.0. The second kappa shape index (κ2) is 4.05. The topological polar surface area (TPSA) is 12.9 Å². The van der Waals surface area contributed by atoms with Gasteiger partial charge in [-0.15, -0.1) is 0 Å². The lowest BCUT2D eigenvalue weighted by Crippen LogP contribution is -1.90. The number of hydrogen-bond donors (Lipinski definition) is 0. The Morgan fingerprint density at radius 2 is 1.50 bits per heavy atom. The molecule has 0 unspecified atom stereocenters. The standard InChI is InChI=1S/C14H14FN/c1-9-4-10(2)6-12(5-9)13-7-11(3)14(15)16-8-13/h4-8H,1-3H3. The van der Waals surface area contributed by atoms with E-state index in [-0.39, 0.29) is 0 Å². The molecule has 1 aromatic carbocycles. The van der Waals surface area contributed by atoms with Crippen LogP contribution in [0.2, 0.25) is 0 Å². The maximum Gasteiger partial charge on any atom is 0.215 e. The van der Waals surface area contributed by atoms with Crippen molar-refractivity contribution in [3.63, 3.8) is 0 Å². The number of rotatable bonds is 1. The SMILES string of the molecule is Cc1cc(C)cc(-c2cnc(F)c(C)c2)c1. The van der Waals surface area contributed by atoms with Crippen molar-refractivity contribution in [1.82, 2.24) is 4.98 Å². The van der Waals surface area contributed by atoms with E-state index in [4.69, 9.17) is 0 Å². The summed E-state index contributed by atoms with van der Waals surface area (Å²) >= 11 is 0. The van der Waals surface area contributed by atoms with Gasteiger partial charge >= 0.3 is 0 Å². The van der Waals surface area contributed by atoms with Crippen molar-refractivity contribution in [3.8, 4) is 11.1 Å². The number of pyridine rings is 1. The fraction of sp³-hybridized carbons (Fsp3) is 0.214. The van der Waals surface area contributed by atoms with Gasteiger partial charge in [0.15, 0.2) is 0 Å². The Kier molecular flexibility index (Phi) is 2.73. The molecule has 0 fully saturated rings. The lowest BCUT2D eigenvalue weighted by Gasteiger charge is -2.06. The van der Waals surface area contributed by atoms with Gasteiger partial charge in [-0.2, -0.15) is 4.39 Å². The van der Waals surface area contributed by atoms with E-state index in [0.717, 1.165) is 11.1 Å². The largest absolute Gasteiger partial charge is 0.227 e. The normalized spacial score (nSPS) is 10.5. The van der Waals surface area contributed by atoms with Crippen molar-refractivity contribution in [2.45, 2.75) is 20.8 Å². The van der Waals surface area contributed by atoms with Crippen LogP contribution >= 0.6 is 0 Å². The molecule has 0 aliphatic carbocycles. The molecule has 2 heteroatoms. The van der Waals surface area contributed by atoms with Crippen molar-refractivity contribution in [2.75, 3.05) is 0 Å². The monoisotopic (exact) mass is 215 g/mol. The fourth-order valence-electron chi connectivity index (χ4n) is 1.86. The third kappa shape index (κ3) is 2.11. The first-order valence-electron chi connectivity index (χ1n) is 5.27. The van der Waals surface area contributed by atoms with Crippen LogP contribution in [-0.4, -0.2) is 4.98 Å². The molecule has 0 spiro atoms.